The molecule has 15 heteroatoms. The number of fused-ring (bicyclic) bond motifs is 3. The van der Waals surface area contributed by atoms with E-state index in [0.29, 0.717) is 66.5 Å². The van der Waals surface area contributed by atoms with E-state index in [1.807, 2.05) is 18.4 Å². The largest absolute Gasteiger partial charge is 0.493 e. The van der Waals surface area contributed by atoms with E-state index in [9.17, 15) is 22.8 Å². The highest BCUT2D eigenvalue weighted by Crippen LogP contribution is 2.50. The van der Waals surface area contributed by atoms with E-state index in [2.05, 4.69) is 10.6 Å². The maximum absolute atomic E-state index is 14.0. The lowest BCUT2D eigenvalue weighted by Gasteiger charge is -2.38. The molecule has 2 saturated heterocycles. The van der Waals surface area contributed by atoms with Crippen LogP contribution in [0.5, 0.6) is 17.2 Å². The minimum Gasteiger partial charge on any atom is -0.493 e. The van der Waals surface area contributed by atoms with Gasteiger partial charge in [0.25, 0.3) is 10.2 Å². The summed E-state index contributed by atoms with van der Waals surface area (Å²) in [6.07, 6.45) is 7.32. The van der Waals surface area contributed by atoms with E-state index >= 15 is 0 Å². The fraction of sp³-hybridized carbons (Fsp3) is 0.583. The van der Waals surface area contributed by atoms with E-state index in [0.717, 1.165) is 36.8 Å². The Balaban J connectivity index is 1.46. The Bertz CT molecular complexity index is 1740. The summed E-state index contributed by atoms with van der Waals surface area (Å²) in [5.74, 6) is 1.65. The van der Waals surface area contributed by atoms with Crippen LogP contribution in [0.25, 0.3) is 11.1 Å². The van der Waals surface area contributed by atoms with Crippen molar-refractivity contribution in [3.63, 3.8) is 0 Å². The number of amides is 2. The molecule has 2 aromatic rings. The third-order valence-corrected chi connectivity index (χ3v) is 12.6. The number of benzene rings is 1. The maximum atomic E-state index is 14.0. The molecule has 2 heterocycles. The van der Waals surface area contributed by atoms with Crippen molar-refractivity contribution in [2.24, 2.45) is 0 Å². The van der Waals surface area contributed by atoms with Gasteiger partial charge in [-0.05, 0) is 79.0 Å². The number of aryl methyl sites for hydroxylation is 1. The van der Waals surface area contributed by atoms with E-state index in [-0.39, 0.29) is 49.1 Å². The van der Waals surface area contributed by atoms with Crippen molar-refractivity contribution >= 4 is 39.5 Å². The van der Waals surface area contributed by atoms with Crippen LogP contribution in [0.3, 0.4) is 0 Å². The lowest BCUT2D eigenvalue weighted by molar-refractivity contribution is -0.133. The summed E-state index contributed by atoms with van der Waals surface area (Å²) < 4.78 is 47.1. The predicted octanol–water partition coefficient (Wildman–Crippen LogP) is 3.66. The summed E-state index contributed by atoms with van der Waals surface area (Å²) in [6, 6.07) is 5.77. The molecule has 2 aliphatic heterocycles. The van der Waals surface area contributed by atoms with E-state index in [1.165, 1.54) is 24.4 Å². The van der Waals surface area contributed by atoms with E-state index in [1.54, 1.807) is 41.3 Å². The molecule has 51 heavy (non-hydrogen) atoms. The van der Waals surface area contributed by atoms with Crippen molar-refractivity contribution in [3.8, 4) is 28.4 Å². The summed E-state index contributed by atoms with van der Waals surface area (Å²) in [5, 5.41) is 6.29. The first-order valence-corrected chi connectivity index (χ1v) is 20.4. The first kappa shape index (κ1) is 38.7. The van der Waals surface area contributed by atoms with Gasteiger partial charge in [-0.1, -0.05) is 18.9 Å². The Morgan fingerprint density at radius 3 is 2.20 bits per heavy atom. The van der Waals surface area contributed by atoms with Crippen molar-refractivity contribution in [1.29, 1.82) is 0 Å². The van der Waals surface area contributed by atoms with Crippen LogP contribution in [0.15, 0.2) is 29.1 Å². The van der Waals surface area contributed by atoms with Crippen LogP contribution in [0.4, 0.5) is 5.69 Å². The van der Waals surface area contributed by atoms with Crippen LogP contribution >= 0.6 is 11.8 Å². The number of thioether (sulfide) groups is 1. The normalized spacial score (nSPS) is 19.1. The lowest BCUT2D eigenvalue weighted by atomic mass is 9.95. The topological polar surface area (TPSA) is 147 Å². The van der Waals surface area contributed by atoms with Gasteiger partial charge >= 0.3 is 0 Å². The minimum absolute atomic E-state index is 0.177. The molecule has 0 spiro atoms. The van der Waals surface area contributed by atoms with Gasteiger partial charge in [-0.15, -0.1) is 0 Å². The Labute approximate surface area is 305 Å². The first-order valence-electron chi connectivity index (χ1n) is 17.6. The molecule has 5 rings (SSSR count). The maximum Gasteiger partial charge on any atom is 0.282 e. The molecule has 1 aliphatic carbocycles. The number of hydrogen-bond acceptors (Lipinski definition) is 10. The third kappa shape index (κ3) is 8.58. The standard InChI is InChI=1S/C36H51N5O8S2/c1-24(42)37-28-12-10-25-22-32(47-2)34(48-3)35(49-4)33(25)26-11-13-29(31(43)23-27(26)28)38-30(14-21-50-5)36(44)39-17-19-41(20-18-39)51(45,46)40-15-8-6-7-9-16-40/h11,13,22-23,28,30H,6-10,12,14-21H2,1-5H3,(H,37,42)(H,38,43)/t28-,30-/m0/s1. The van der Waals surface area contributed by atoms with Gasteiger partial charge in [0.15, 0.2) is 11.5 Å². The summed E-state index contributed by atoms with van der Waals surface area (Å²) in [6.45, 7) is 3.49. The third-order valence-electron chi connectivity index (χ3n) is 9.92. The number of rotatable bonds is 12. The highest BCUT2D eigenvalue weighted by atomic mass is 32.2. The Morgan fingerprint density at radius 2 is 1.59 bits per heavy atom. The lowest BCUT2D eigenvalue weighted by Crippen LogP contribution is -2.56. The number of methoxy groups -OCH3 is 3. The molecule has 2 N–H and O–H groups in total. The molecule has 2 aromatic carbocycles. The van der Waals surface area contributed by atoms with Crippen LogP contribution in [0.1, 0.15) is 62.6 Å². The molecule has 2 atom stereocenters. The Hall–Kier alpha value is -3.53. The van der Waals surface area contributed by atoms with Gasteiger partial charge < -0.3 is 29.7 Å². The van der Waals surface area contributed by atoms with Crippen molar-refractivity contribution < 1.29 is 32.2 Å². The quantitative estimate of drug-likeness (QED) is 0.330. The number of piperazine rings is 1. The zero-order chi connectivity index (χ0) is 36.7. The highest BCUT2D eigenvalue weighted by Gasteiger charge is 2.36. The summed E-state index contributed by atoms with van der Waals surface area (Å²) in [7, 11) is 1.05. The van der Waals surface area contributed by atoms with Gasteiger partial charge in [0.05, 0.1) is 33.1 Å². The average molecular weight is 746 g/mol. The van der Waals surface area contributed by atoms with Gasteiger partial charge in [0, 0.05) is 51.8 Å². The second-order valence-electron chi connectivity index (χ2n) is 13.1. The molecule has 0 bridgehead atoms. The monoisotopic (exact) mass is 745 g/mol. The number of ether oxygens (including phenoxy) is 3. The van der Waals surface area contributed by atoms with Crippen molar-refractivity contribution in [3.05, 3.63) is 45.6 Å². The summed E-state index contributed by atoms with van der Waals surface area (Å²) in [4.78, 5) is 42.1. The minimum atomic E-state index is -3.59. The molecular weight excluding hydrogens is 695 g/mol. The molecule has 280 valence electrons. The average Bonchev–Trinajstić information content (AvgIpc) is 3.55. The van der Waals surface area contributed by atoms with E-state index < -0.39 is 22.3 Å². The molecule has 0 saturated carbocycles. The van der Waals surface area contributed by atoms with Crippen LogP contribution in [-0.4, -0.2) is 112 Å². The number of anilines is 1. The fourth-order valence-corrected chi connectivity index (χ4v) is 9.45. The predicted molar refractivity (Wildman–Crippen MR) is 200 cm³/mol. The van der Waals surface area contributed by atoms with Gasteiger partial charge in [0.2, 0.25) is 23.0 Å². The second kappa shape index (κ2) is 17.3. The first-order chi connectivity index (χ1) is 24.5. The highest BCUT2D eigenvalue weighted by molar-refractivity contribution is 7.98. The van der Waals surface area contributed by atoms with Gasteiger partial charge in [-0.2, -0.15) is 28.8 Å². The van der Waals surface area contributed by atoms with Crippen LogP contribution in [0, 0.1) is 0 Å². The number of carbonyl (C=O) groups is 2. The van der Waals surface area contributed by atoms with Gasteiger partial charge in [-0.3, -0.25) is 14.4 Å². The fourth-order valence-electron chi connectivity index (χ4n) is 7.30. The molecule has 2 amide bonds. The summed E-state index contributed by atoms with van der Waals surface area (Å²) >= 11 is 1.60. The number of nitrogens with one attached hydrogen (secondary N) is 2. The molecule has 3 aliphatic rings. The molecule has 2 fully saturated rings. The molecule has 13 nitrogen and oxygen atoms in total. The van der Waals surface area contributed by atoms with Crippen LogP contribution in [0.2, 0.25) is 0 Å². The number of nitrogens with zero attached hydrogens (tertiary/aromatic N) is 3. The molecule has 0 aromatic heterocycles. The van der Waals surface area contributed by atoms with Crippen molar-refractivity contribution in [2.45, 2.75) is 64.0 Å². The van der Waals surface area contributed by atoms with Crippen molar-refractivity contribution in [1.82, 2.24) is 18.8 Å². The van der Waals surface area contributed by atoms with Gasteiger partial charge in [-0.25, -0.2) is 0 Å². The van der Waals surface area contributed by atoms with Crippen LogP contribution < -0.4 is 30.3 Å². The van der Waals surface area contributed by atoms with Crippen LogP contribution in [-0.2, 0) is 26.2 Å². The second-order valence-corrected chi connectivity index (χ2v) is 16.0. The molecular formula is C36H51N5O8S2. The number of carbonyl (C=O) groups excluding carboxylic acids is 2. The SMILES string of the molecule is COc1cc2c(c(OC)c1OC)-c1ccc(N[C@@H](CCSC)C(=O)N3CCN(S(=O)(=O)N4CCCCCC4)CC3)c(=O)cc1[C@@H](NC(C)=O)CC2. The Morgan fingerprint density at radius 1 is 0.922 bits per heavy atom. The molecule has 0 radical (unpaired) electrons. The van der Waals surface area contributed by atoms with Gasteiger partial charge in [0.1, 0.15) is 6.04 Å². The zero-order valence-electron chi connectivity index (χ0n) is 30.3. The number of hydrogen-bond donors (Lipinski definition) is 2. The Kier molecular flexibility index (Phi) is 13.1. The summed E-state index contributed by atoms with van der Waals surface area (Å²) in [5.41, 5.74) is 2.89. The smallest absolute Gasteiger partial charge is 0.282 e. The molecule has 0 unspecified atom stereocenters. The van der Waals surface area contributed by atoms with Crippen molar-refractivity contribution in [2.75, 3.05) is 77.9 Å². The van der Waals surface area contributed by atoms with E-state index in [4.69, 9.17) is 14.2 Å². The zero-order valence-corrected chi connectivity index (χ0v) is 31.9.